The average molecular weight is 155 g/mol. The number of H-pyrrole nitrogens is 1. The molecule has 0 fully saturated rings. The zero-order valence-corrected chi connectivity index (χ0v) is 6.79. The maximum Gasteiger partial charge on any atom is 0.325 e. The lowest BCUT2D eigenvalue weighted by molar-refractivity contribution is 0.505. The molecule has 0 saturated carbocycles. The van der Waals surface area contributed by atoms with Crippen LogP contribution in [0.15, 0.2) is 17.2 Å². The first kappa shape index (κ1) is 8.07. The molecular weight excluding hydrogens is 142 g/mol. The number of aromatic nitrogens is 2. The zero-order valence-electron chi connectivity index (χ0n) is 6.79. The van der Waals surface area contributed by atoms with E-state index in [0.29, 0.717) is 0 Å². The van der Waals surface area contributed by atoms with E-state index in [-0.39, 0.29) is 11.7 Å². The van der Waals surface area contributed by atoms with Crippen molar-refractivity contribution in [1.82, 2.24) is 14.9 Å². The fraction of sp³-hybridized carbons (Fsp3) is 0.571. The molecule has 1 atom stereocenters. The third kappa shape index (κ3) is 1.71. The topological polar surface area (TPSA) is 49.8 Å². The Morgan fingerprint density at radius 2 is 2.55 bits per heavy atom. The third-order valence-corrected chi connectivity index (χ3v) is 1.65. The molecule has 4 nitrogen and oxygen atoms in total. The summed E-state index contributed by atoms with van der Waals surface area (Å²) in [7, 11) is 1.87. The maximum absolute atomic E-state index is 11.0. The minimum absolute atomic E-state index is 0.0484. The van der Waals surface area contributed by atoms with E-state index in [1.165, 1.54) is 0 Å². The Morgan fingerprint density at radius 3 is 3.00 bits per heavy atom. The Kier molecular flexibility index (Phi) is 2.48. The first-order valence-corrected chi connectivity index (χ1v) is 3.66. The number of nitrogens with one attached hydrogen (secondary N) is 2. The van der Waals surface area contributed by atoms with Crippen LogP contribution in [0, 0.1) is 0 Å². The van der Waals surface area contributed by atoms with Crippen LogP contribution in [0.1, 0.15) is 13.0 Å². The van der Waals surface area contributed by atoms with Gasteiger partial charge >= 0.3 is 5.69 Å². The highest BCUT2D eigenvalue weighted by Gasteiger charge is 2.03. The molecule has 0 saturated heterocycles. The molecule has 62 valence electrons. The molecule has 1 unspecified atom stereocenters. The van der Waals surface area contributed by atoms with Gasteiger partial charge in [-0.2, -0.15) is 0 Å². The summed E-state index contributed by atoms with van der Waals surface area (Å²) in [5.74, 6) is 0. The third-order valence-electron chi connectivity index (χ3n) is 1.65. The first-order chi connectivity index (χ1) is 5.25. The van der Waals surface area contributed by atoms with Crippen LogP contribution < -0.4 is 11.0 Å². The fourth-order valence-electron chi connectivity index (χ4n) is 1.07. The van der Waals surface area contributed by atoms with Gasteiger partial charge in [-0.05, 0) is 14.0 Å². The molecule has 4 heteroatoms. The SMILES string of the molecule is CNCC(C)n1cc[nH]c1=O. The Labute approximate surface area is 65.2 Å². The maximum atomic E-state index is 11.0. The first-order valence-electron chi connectivity index (χ1n) is 3.66. The van der Waals surface area contributed by atoms with E-state index >= 15 is 0 Å². The van der Waals surface area contributed by atoms with E-state index in [9.17, 15) is 4.79 Å². The van der Waals surface area contributed by atoms with Crippen molar-refractivity contribution in [3.05, 3.63) is 22.9 Å². The Balaban J connectivity index is 2.75. The quantitative estimate of drug-likeness (QED) is 0.643. The minimum atomic E-state index is -0.0484. The summed E-state index contributed by atoms with van der Waals surface area (Å²) in [5, 5.41) is 3.01. The van der Waals surface area contributed by atoms with Crippen LogP contribution in [-0.4, -0.2) is 23.1 Å². The summed E-state index contributed by atoms with van der Waals surface area (Å²) in [6.07, 6.45) is 3.40. The normalized spacial score (nSPS) is 13.3. The lowest BCUT2D eigenvalue weighted by Gasteiger charge is -2.10. The van der Waals surface area contributed by atoms with Crippen molar-refractivity contribution >= 4 is 0 Å². The Bertz CT molecular complexity index is 263. The Morgan fingerprint density at radius 1 is 1.82 bits per heavy atom. The smallest absolute Gasteiger partial charge is 0.318 e. The predicted molar refractivity (Wildman–Crippen MR) is 43.7 cm³/mol. The molecule has 0 aliphatic carbocycles. The van der Waals surface area contributed by atoms with E-state index in [1.54, 1.807) is 17.0 Å². The molecule has 1 aromatic heterocycles. The van der Waals surface area contributed by atoms with Crippen LogP contribution in [0.5, 0.6) is 0 Å². The molecule has 0 spiro atoms. The molecule has 2 N–H and O–H groups in total. The molecule has 0 aliphatic rings. The van der Waals surface area contributed by atoms with Crippen molar-refractivity contribution in [3.8, 4) is 0 Å². The number of likely N-dealkylation sites (N-methyl/N-ethyl adjacent to an activating group) is 1. The van der Waals surface area contributed by atoms with Crippen molar-refractivity contribution in [2.45, 2.75) is 13.0 Å². The zero-order chi connectivity index (χ0) is 8.27. The number of hydrogen-bond acceptors (Lipinski definition) is 2. The molecule has 0 bridgehead atoms. The van der Waals surface area contributed by atoms with Gasteiger partial charge in [-0.15, -0.1) is 0 Å². The van der Waals surface area contributed by atoms with Crippen molar-refractivity contribution < 1.29 is 0 Å². The average Bonchev–Trinajstić information content (AvgIpc) is 2.36. The van der Waals surface area contributed by atoms with Crippen molar-refractivity contribution in [3.63, 3.8) is 0 Å². The highest BCUT2D eigenvalue weighted by atomic mass is 16.1. The van der Waals surface area contributed by atoms with Gasteiger partial charge in [-0.25, -0.2) is 4.79 Å². The van der Waals surface area contributed by atoms with Gasteiger partial charge in [0.15, 0.2) is 0 Å². The molecule has 1 rings (SSSR count). The van der Waals surface area contributed by atoms with E-state index in [0.717, 1.165) is 6.54 Å². The summed E-state index contributed by atoms with van der Waals surface area (Å²) in [6.45, 7) is 2.80. The van der Waals surface area contributed by atoms with E-state index in [1.807, 2.05) is 14.0 Å². The molecule has 0 aromatic carbocycles. The molecule has 11 heavy (non-hydrogen) atoms. The second kappa shape index (κ2) is 3.39. The summed E-state index contributed by atoms with van der Waals surface area (Å²) in [6, 6.07) is 0.207. The van der Waals surface area contributed by atoms with Crippen LogP contribution in [0.3, 0.4) is 0 Å². The van der Waals surface area contributed by atoms with Gasteiger partial charge in [0.1, 0.15) is 0 Å². The summed E-state index contributed by atoms with van der Waals surface area (Å²) < 4.78 is 1.66. The van der Waals surface area contributed by atoms with Gasteiger partial charge in [0.25, 0.3) is 0 Å². The molecule has 1 aromatic rings. The van der Waals surface area contributed by atoms with Crippen molar-refractivity contribution in [2.75, 3.05) is 13.6 Å². The number of aromatic amines is 1. The van der Waals surface area contributed by atoms with Gasteiger partial charge in [0.05, 0.1) is 0 Å². The molecule has 1 heterocycles. The van der Waals surface area contributed by atoms with E-state index in [4.69, 9.17) is 0 Å². The minimum Gasteiger partial charge on any atom is -0.318 e. The van der Waals surface area contributed by atoms with E-state index in [2.05, 4.69) is 10.3 Å². The van der Waals surface area contributed by atoms with Crippen LogP contribution in [0.25, 0.3) is 0 Å². The van der Waals surface area contributed by atoms with Gasteiger partial charge in [-0.1, -0.05) is 0 Å². The second-order valence-electron chi connectivity index (χ2n) is 2.58. The summed E-state index contributed by atoms with van der Waals surface area (Å²) >= 11 is 0. The van der Waals surface area contributed by atoms with Crippen molar-refractivity contribution in [1.29, 1.82) is 0 Å². The Hall–Kier alpha value is -1.03. The molecule has 0 radical (unpaired) electrons. The lowest BCUT2D eigenvalue weighted by Crippen LogP contribution is -2.26. The van der Waals surface area contributed by atoms with Crippen LogP contribution in [0.4, 0.5) is 0 Å². The summed E-state index contributed by atoms with van der Waals surface area (Å²) in [5.41, 5.74) is -0.0484. The van der Waals surface area contributed by atoms with Crippen molar-refractivity contribution in [2.24, 2.45) is 0 Å². The summed E-state index contributed by atoms with van der Waals surface area (Å²) in [4.78, 5) is 13.6. The largest absolute Gasteiger partial charge is 0.325 e. The fourth-order valence-corrected chi connectivity index (χ4v) is 1.07. The van der Waals surface area contributed by atoms with E-state index < -0.39 is 0 Å². The molecule has 0 amide bonds. The number of imidazole rings is 1. The number of hydrogen-bond donors (Lipinski definition) is 2. The van der Waals surface area contributed by atoms with Crippen LogP contribution >= 0.6 is 0 Å². The van der Waals surface area contributed by atoms with Crippen LogP contribution in [-0.2, 0) is 0 Å². The molecule has 0 aliphatic heterocycles. The van der Waals surface area contributed by atoms with Gasteiger partial charge in [0.2, 0.25) is 0 Å². The van der Waals surface area contributed by atoms with Gasteiger partial charge in [0, 0.05) is 25.0 Å². The van der Waals surface area contributed by atoms with Crippen LogP contribution in [0.2, 0.25) is 0 Å². The highest BCUT2D eigenvalue weighted by molar-refractivity contribution is 4.80. The standard InChI is InChI=1S/C7H13N3O/c1-6(5-8-2)10-4-3-9-7(10)11/h3-4,6,8H,5H2,1-2H3,(H,9,11). The van der Waals surface area contributed by atoms with Gasteiger partial charge in [-0.3, -0.25) is 4.57 Å². The lowest BCUT2D eigenvalue weighted by atomic mass is 10.3. The number of nitrogens with zero attached hydrogens (tertiary/aromatic N) is 1. The predicted octanol–water partition coefficient (Wildman–Crippen LogP) is -0.0432. The van der Waals surface area contributed by atoms with Gasteiger partial charge < -0.3 is 10.3 Å². The highest BCUT2D eigenvalue weighted by Crippen LogP contribution is 1.97. The second-order valence-corrected chi connectivity index (χ2v) is 2.58. The number of rotatable bonds is 3. The monoisotopic (exact) mass is 155 g/mol. The molecular formula is C7H13N3O.